The molecule has 0 radical (unpaired) electrons. The van der Waals surface area contributed by atoms with Crippen LogP contribution in [0.25, 0.3) is 0 Å². The number of aliphatic hydroxyl groups excluding tert-OH is 1. The van der Waals surface area contributed by atoms with E-state index in [1.807, 2.05) is 0 Å². The van der Waals surface area contributed by atoms with Gasteiger partial charge >= 0.3 is 0 Å². The van der Waals surface area contributed by atoms with Gasteiger partial charge in [0.15, 0.2) is 0 Å². The quantitative estimate of drug-likeness (QED) is 0.0602. The van der Waals surface area contributed by atoms with Gasteiger partial charge in [-0.2, -0.15) is 0 Å². The largest absolute Gasteiger partial charge is 0.396 e. The van der Waals surface area contributed by atoms with Crippen LogP contribution in [0.2, 0.25) is 0 Å². The molecule has 1 N–H and O–H groups in total. The Morgan fingerprint density at radius 2 is 0.361 bits per heavy atom. The summed E-state index contributed by atoms with van der Waals surface area (Å²) in [4.78, 5) is 0. The minimum absolute atomic E-state index is 0.182. The van der Waals surface area contributed by atoms with Gasteiger partial charge in [-0.1, -0.05) is 344 Å². The first kappa shape index (κ1) is 70.0. The number of aliphatic hydroxyl groups is 1. The van der Waals surface area contributed by atoms with Crippen LogP contribution in [0.3, 0.4) is 0 Å². The zero-order valence-electron chi connectivity index (χ0n) is 51.8. The minimum Gasteiger partial charge on any atom is -0.396 e. The van der Waals surface area contributed by atoms with E-state index in [-0.39, 0.29) is 5.41 Å². The van der Waals surface area contributed by atoms with E-state index < -0.39 is 0 Å². The molecule has 0 amide bonds. The third-order valence-corrected chi connectivity index (χ3v) is 19.6. The molecule has 0 bridgehead atoms. The van der Waals surface area contributed by atoms with Crippen LogP contribution in [-0.2, 0) is 0 Å². The van der Waals surface area contributed by atoms with Crippen molar-refractivity contribution in [1.82, 2.24) is 0 Å². The van der Waals surface area contributed by atoms with Gasteiger partial charge in [-0.15, -0.1) is 0 Å². The third kappa shape index (κ3) is 36.1. The van der Waals surface area contributed by atoms with Crippen molar-refractivity contribution in [2.75, 3.05) is 6.61 Å². The van der Waals surface area contributed by atoms with Gasteiger partial charge in [-0.05, 0) is 105 Å². The van der Waals surface area contributed by atoms with Gasteiger partial charge < -0.3 is 5.11 Å². The summed E-state index contributed by atoms with van der Waals surface area (Å²) < 4.78 is 0. The molecular weight excluding hydrogens is 869 g/mol. The summed E-state index contributed by atoms with van der Waals surface area (Å²) in [5, 5.41) is 10.9. The van der Waals surface area contributed by atoms with Gasteiger partial charge in [0, 0.05) is 6.61 Å². The van der Waals surface area contributed by atoms with Crippen LogP contribution in [0.15, 0.2) is 0 Å². The van der Waals surface area contributed by atoms with Crippen molar-refractivity contribution in [2.45, 2.75) is 414 Å². The highest BCUT2D eigenvalue weighted by molar-refractivity contribution is 4.96. The summed E-state index contributed by atoms with van der Waals surface area (Å²) in [5.74, 6) is 4.27. The average molecular weight is 1010 g/mol. The van der Waals surface area contributed by atoms with Crippen LogP contribution in [0.1, 0.15) is 414 Å². The molecule has 1 aliphatic carbocycles. The molecule has 1 aliphatic rings. The Morgan fingerprint density at radius 1 is 0.194 bits per heavy atom. The zero-order chi connectivity index (χ0) is 52.3. The molecule has 2 atom stereocenters. The Hall–Kier alpha value is -0.0400. The van der Waals surface area contributed by atoms with Gasteiger partial charge in [-0.3, -0.25) is 0 Å². The maximum absolute atomic E-state index is 10.9. The Labute approximate surface area is 458 Å². The van der Waals surface area contributed by atoms with Crippen molar-refractivity contribution in [3.8, 4) is 0 Å². The highest BCUT2D eigenvalue weighted by Crippen LogP contribution is 2.55. The SMILES string of the molecule is CCCCCCCCCC1C(CCCCCCCCC)C(CCCCCCCCCCCCCCC(CCCCC)(CCCCC)CCCC(CO)(CCCCC)CCCCC)C1CCCCCCCCC. The molecule has 0 aliphatic heterocycles. The molecule has 1 nitrogen and oxygen atoms in total. The monoisotopic (exact) mass is 1010 g/mol. The van der Waals surface area contributed by atoms with Crippen molar-refractivity contribution in [2.24, 2.45) is 34.5 Å². The van der Waals surface area contributed by atoms with E-state index in [9.17, 15) is 5.11 Å². The second-order valence-electron chi connectivity index (χ2n) is 26.0. The Morgan fingerprint density at radius 3 is 0.611 bits per heavy atom. The summed E-state index contributed by atoms with van der Waals surface area (Å²) in [5.41, 5.74) is 0.733. The van der Waals surface area contributed by atoms with E-state index in [0.717, 1.165) is 23.7 Å². The first-order chi connectivity index (χ1) is 35.5. The van der Waals surface area contributed by atoms with E-state index in [0.29, 0.717) is 12.0 Å². The van der Waals surface area contributed by atoms with Gasteiger partial charge in [0.1, 0.15) is 0 Å². The Kier molecular flexibility index (Phi) is 50.2. The van der Waals surface area contributed by atoms with Crippen molar-refractivity contribution in [1.29, 1.82) is 0 Å². The highest BCUT2D eigenvalue weighted by atomic mass is 16.3. The van der Waals surface area contributed by atoms with E-state index in [2.05, 4.69) is 48.5 Å². The summed E-state index contributed by atoms with van der Waals surface area (Å²) >= 11 is 0. The first-order valence-corrected chi connectivity index (χ1v) is 35.1. The normalized spacial score (nSPS) is 17.3. The van der Waals surface area contributed by atoms with E-state index in [4.69, 9.17) is 0 Å². The summed E-state index contributed by atoms with van der Waals surface area (Å²) in [6.07, 6.45) is 82.0. The fourth-order valence-electron chi connectivity index (χ4n) is 14.7. The zero-order valence-corrected chi connectivity index (χ0v) is 51.8. The van der Waals surface area contributed by atoms with Crippen molar-refractivity contribution >= 4 is 0 Å². The smallest absolute Gasteiger partial charge is 0.0487 e. The molecule has 72 heavy (non-hydrogen) atoms. The minimum atomic E-state index is 0.182. The number of unbranched alkanes of at least 4 members (excludes halogenated alkanes) is 37. The van der Waals surface area contributed by atoms with Crippen LogP contribution in [0.5, 0.6) is 0 Å². The Bertz CT molecular complexity index is 1000. The number of hydrogen-bond donors (Lipinski definition) is 1. The molecular formula is C71H142O. The lowest BCUT2D eigenvalue weighted by Gasteiger charge is -2.54. The molecule has 0 aromatic rings. The molecule has 0 aromatic heterocycles. The molecule has 1 saturated carbocycles. The molecule has 0 heterocycles. The summed E-state index contributed by atoms with van der Waals surface area (Å²) in [6, 6.07) is 0. The maximum Gasteiger partial charge on any atom is 0.0487 e. The molecule has 1 fully saturated rings. The van der Waals surface area contributed by atoms with Gasteiger partial charge in [-0.25, -0.2) is 0 Å². The summed E-state index contributed by atoms with van der Waals surface area (Å²) in [7, 11) is 0. The van der Waals surface area contributed by atoms with Crippen LogP contribution in [0.4, 0.5) is 0 Å². The van der Waals surface area contributed by atoms with Crippen LogP contribution in [-0.4, -0.2) is 11.7 Å². The summed E-state index contributed by atoms with van der Waals surface area (Å²) in [6.45, 7) is 16.9. The second-order valence-corrected chi connectivity index (χ2v) is 26.0. The van der Waals surface area contributed by atoms with Crippen LogP contribution < -0.4 is 0 Å². The molecule has 1 heteroatoms. The van der Waals surface area contributed by atoms with E-state index in [1.54, 1.807) is 25.7 Å². The number of hydrogen-bond acceptors (Lipinski definition) is 1. The lowest BCUT2D eigenvalue weighted by atomic mass is 9.51. The predicted octanol–water partition coefficient (Wildman–Crippen LogP) is 25.8. The Balaban J connectivity index is 2.61. The van der Waals surface area contributed by atoms with Crippen LogP contribution >= 0.6 is 0 Å². The van der Waals surface area contributed by atoms with Gasteiger partial charge in [0.05, 0.1) is 0 Å². The molecule has 1 rings (SSSR count). The van der Waals surface area contributed by atoms with Crippen LogP contribution in [0, 0.1) is 34.5 Å². The fraction of sp³-hybridized carbons (Fsp3) is 1.00. The van der Waals surface area contributed by atoms with Gasteiger partial charge in [0.25, 0.3) is 0 Å². The standard InChI is InChI=1S/C71H142O/c1-8-15-22-25-34-39-44-54-66-67(55-45-40-35-26-23-16-9-2)69(68(66)56-46-41-36-27-24-17-10-3)57-47-42-37-32-30-28-29-31-33-38-43-52-60-70(58-48-18-11-4,59-49-19-12-5)63-53-64-71(65-72,61-50-20-13-6)62-51-21-14-7/h66-69,72H,8-65H2,1-7H3. The molecule has 0 spiro atoms. The average Bonchev–Trinajstić information content (AvgIpc) is 3.38. The van der Waals surface area contributed by atoms with Crippen molar-refractivity contribution in [3.05, 3.63) is 0 Å². The second kappa shape index (κ2) is 51.7. The molecule has 0 aromatic carbocycles. The van der Waals surface area contributed by atoms with Crippen molar-refractivity contribution < 1.29 is 5.11 Å². The molecule has 2 unspecified atom stereocenters. The van der Waals surface area contributed by atoms with E-state index in [1.165, 1.54) is 340 Å². The lowest BCUT2D eigenvalue weighted by Crippen LogP contribution is -2.46. The van der Waals surface area contributed by atoms with E-state index >= 15 is 0 Å². The van der Waals surface area contributed by atoms with Gasteiger partial charge in [0.2, 0.25) is 0 Å². The first-order valence-electron chi connectivity index (χ1n) is 35.1. The van der Waals surface area contributed by atoms with Crippen molar-refractivity contribution in [3.63, 3.8) is 0 Å². The lowest BCUT2D eigenvalue weighted by molar-refractivity contribution is -0.0486. The topological polar surface area (TPSA) is 20.2 Å². The maximum atomic E-state index is 10.9. The third-order valence-electron chi connectivity index (χ3n) is 19.6. The fourth-order valence-corrected chi connectivity index (χ4v) is 14.7. The number of rotatable bonds is 60. The highest BCUT2D eigenvalue weighted by Gasteiger charge is 2.47. The molecule has 0 saturated heterocycles. The predicted molar refractivity (Wildman–Crippen MR) is 329 cm³/mol. The molecule has 432 valence electrons.